The molecule has 2 heterocycles. The molecule has 0 aliphatic rings. The lowest BCUT2D eigenvalue weighted by atomic mass is 10.1. The summed E-state index contributed by atoms with van der Waals surface area (Å²) in [5, 5.41) is 1.97. The maximum atomic E-state index is 11.6. The molecule has 0 amide bonds. The molecular formula is C15H11ClN2O3. The third-order valence-electron chi connectivity index (χ3n) is 3.19. The van der Waals surface area contributed by atoms with E-state index in [1.165, 1.54) is 13.2 Å². The van der Waals surface area contributed by atoms with E-state index in [-0.39, 0.29) is 5.69 Å². The maximum absolute atomic E-state index is 11.6. The smallest absolute Gasteiger partial charge is 0.356 e. The number of carbonyl (C=O) groups is 1. The summed E-state index contributed by atoms with van der Waals surface area (Å²) in [6.45, 7) is 0. The highest BCUT2D eigenvalue weighted by molar-refractivity contribution is 6.38. The van der Waals surface area contributed by atoms with Gasteiger partial charge in [-0.25, -0.2) is 9.78 Å². The van der Waals surface area contributed by atoms with Crippen LogP contribution in [0.1, 0.15) is 10.5 Å². The Morgan fingerprint density at radius 3 is 2.81 bits per heavy atom. The maximum Gasteiger partial charge on any atom is 0.356 e. The lowest BCUT2D eigenvalue weighted by Crippen LogP contribution is -2.04. The van der Waals surface area contributed by atoms with Gasteiger partial charge in [-0.2, -0.15) is 0 Å². The monoisotopic (exact) mass is 302 g/mol. The number of benzene rings is 1. The quantitative estimate of drug-likeness (QED) is 0.537. The van der Waals surface area contributed by atoms with E-state index >= 15 is 0 Å². The SMILES string of the molecule is COC(=O)c1cc(Cl)c2c(cc(OC)c3ncccc32)n1. The largest absolute Gasteiger partial charge is 0.494 e. The number of aromatic nitrogens is 2. The van der Waals surface area contributed by atoms with E-state index in [1.807, 2.05) is 12.1 Å². The van der Waals surface area contributed by atoms with E-state index in [0.29, 0.717) is 21.8 Å². The Kier molecular flexibility index (Phi) is 3.35. The van der Waals surface area contributed by atoms with Gasteiger partial charge in [-0.15, -0.1) is 0 Å². The summed E-state index contributed by atoms with van der Waals surface area (Å²) in [4.78, 5) is 20.3. The highest BCUT2D eigenvalue weighted by Gasteiger charge is 2.16. The molecule has 3 aromatic rings. The molecule has 0 fully saturated rings. The van der Waals surface area contributed by atoms with E-state index in [2.05, 4.69) is 14.7 Å². The Hall–Kier alpha value is -2.40. The average Bonchev–Trinajstić information content (AvgIpc) is 2.52. The van der Waals surface area contributed by atoms with Crippen LogP contribution in [0.2, 0.25) is 5.02 Å². The minimum Gasteiger partial charge on any atom is -0.494 e. The van der Waals surface area contributed by atoms with Crippen molar-refractivity contribution in [1.82, 2.24) is 9.97 Å². The second-order valence-electron chi connectivity index (χ2n) is 4.35. The van der Waals surface area contributed by atoms with E-state index in [4.69, 9.17) is 16.3 Å². The van der Waals surface area contributed by atoms with Gasteiger partial charge in [0.2, 0.25) is 0 Å². The third-order valence-corrected chi connectivity index (χ3v) is 3.49. The van der Waals surface area contributed by atoms with E-state index in [0.717, 1.165) is 10.8 Å². The van der Waals surface area contributed by atoms with Crippen molar-refractivity contribution in [2.75, 3.05) is 14.2 Å². The molecule has 2 aromatic heterocycles. The number of carbonyl (C=O) groups excluding carboxylic acids is 1. The number of nitrogens with zero attached hydrogens (tertiary/aromatic N) is 2. The molecule has 1 aromatic carbocycles. The molecule has 0 saturated carbocycles. The zero-order valence-corrected chi connectivity index (χ0v) is 12.1. The highest BCUT2D eigenvalue weighted by Crippen LogP contribution is 2.35. The minimum absolute atomic E-state index is 0.153. The average molecular weight is 303 g/mol. The van der Waals surface area contributed by atoms with Gasteiger partial charge >= 0.3 is 5.97 Å². The fraction of sp³-hybridized carbons (Fsp3) is 0.133. The van der Waals surface area contributed by atoms with Gasteiger partial charge in [-0.05, 0) is 12.1 Å². The van der Waals surface area contributed by atoms with E-state index < -0.39 is 5.97 Å². The molecule has 0 aliphatic carbocycles. The van der Waals surface area contributed by atoms with Crippen molar-refractivity contribution in [3.05, 3.63) is 41.2 Å². The normalized spacial score (nSPS) is 10.8. The van der Waals surface area contributed by atoms with Crippen LogP contribution in [0.5, 0.6) is 5.75 Å². The lowest BCUT2D eigenvalue weighted by Gasteiger charge is -2.10. The van der Waals surface area contributed by atoms with Crippen molar-refractivity contribution in [1.29, 1.82) is 0 Å². The first-order valence-electron chi connectivity index (χ1n) is 6.16. The summed E-state index contributed by atoms with van der Waals surface area (Å²) in [5.74, 6) is 0.0349. The van der Waals surface area contributed by atoms with Crippen LogP contribution in [0.4, 0.5) is 0 Å². The summed E-state index contributed by atoms with van der Waals surface area (Å²) in [7, 11) is 2.86. The second kappa shape index (κ2) is 5.18. The van der Waals surface area contributed by atoms with Crippen LogP contribution in [0.3, 0.4) is 0 Å². The predicted molar refractivity (Wildman–Crippen MR) is 79.9 cm³/mol. The first-order chi connectivity index (χ1) is 10.2. The van der Waals surface area contributed by atoms with Crippen LogP contribution in [0.15, 0.2) is 30.5 Å². The molecule has 0 bridgehead atoms. The summed E-state index contributed by atoms with van der Waals surface area (Å²) in [6.07, 6.45) is 1.68. The van der Waals surface area contributed by atoms with Crippen LogP contribution in [0.25, 0.3) is 21.8 Å². The van der Waals surface area contributed by atoms with Crippen molar-refractivity contribution >= 4 is 39.4 Å². The number of pyridine rings is 2. The molecule has 0 atom stereocenters. The van der Waals surface area contributed by atoms with Crippen molar-refractivity contribution in [2.45, 2.75) is 0 Å². The fourth-order valence-electron chi connectivity index (χ4n) is 2.26. The predicted octanol–water partition coefficient (Wildman–Crippen LogP) is 3.23. The number of fused-ring (bicyclic) bond motifs is 3. The van der Waals surface area contributed by atoms with Gasteiger partial charge in [0.15, 0.2) is 5.69 Å². The van der Waals surface area contributed by atoms with E-state index in [9.17, 15) is 4.79 Å². The molecule has 0 aliphatic heterocycles. The molecule has 106 valence electrons. The summed E-state index contributed by atoms with van der Waals surface area (Å²) >= 11 is 6.32. The number of esters is 1. The van der Waals surface area contributed by atoms with Gasteiger partial charge in [0.05, 0.1) is 24.8 Å². The van der Waals surface area contributed by atoms with Gasteiger partial charge in [-0.3, -0.25) is 4.98 Å². The Balaban J connectivity index is 2.44. The zero-order valence-electron chi connectivity index (χ0n) is 11.4. The first kappa shape index (κ1) is 13.6. The number of hydrogen-bond donors (Lipinski definition) is 0. The molecule has 0 saturated heterocycles. The highest BCUT2D eigenvalue weighted by atomic mass is 35.5. The molecule has 0 N–H and O–H groups in total. The lowest BCUT2D eigenvalue weighted by molar-refractivity contribution is 0.0594. The van der Waals surface area contributed by atoms with Crippen LogP contribution < -0.4 is 4.74 Å². The standard InChI is InChI=1S/C15H11ClN2O3/c1-20-12-7-10-13(8-4-3-5-17-14(8)12)9(16)6-11(18-10)15(19)21-2/h3-7H,1-2H3. The topological polar surface area (TPSA) is 61.3 Å². The third kappa shape index (κ3) is 2.15. The Labute approximate surface area is 125 Å². The first-order valence-corrected chi connectivity index (χ1v) is 6.53. The number of hydrogen-bond acceptors (Lipinski definition) is 5. The summed E-state index contributed by atoms with van der Waals surface area (Å²) in [6, 6.07) is 6.90. The molecule has 0 unspecified atom stereocenters. The van der Waals surface area contributed by atoms with Gasteiger partial charge < -0.3 is 9.47 Å². The van der Waals surface area contributed by atoms with Crippen LogP contribution in [0, 0.1) is 0 Å². The molecule has 0 radical (unpaired) electrons. The van der Waals surface area contributed by atoms with Gasteiger partial charge in [-0.1, -0.05) is 17.7 Å². The summed E-state index contributed by atoms with van der Waals surface area (Å²) < 4.78 is 10.0. The number of methoxy groups -OCH3 is 2. The minimum atomic E-state index is -0.538. The van der Waals surface area contributed by atoms with Gasteiger partial charge in [0.25, 0.3) is 0 Å². The second-order valence-corrected chi connectivity index (χ2v) is 4.76. The number of rotatable bonds is 2. The Bertz CT molecular complexity index is 864. The van der Waals surface area contributed by atoms with Crippen molar-refractivity contribution < 1.29 is 14.3 Å². The number of halogens is 1. The molecule has 21 heavy (non-hydrogen) atoms. The van der Waals surface area contributed by atoms with Crippen molar-refractivity contribution in [2.24, 2.45) is 0 Å². The molecule has 3 rings (SSSR count). The van der Waals surface area contributed by atoms with Crippen LogP contribution in [-0.4, -0.2) is 30.2 Å². The van der Waals surface area contributed by atoms with Crippen molar-refractivity contribution in [3.63, 3.8) is 0 Å². The van der Waals surface area contributed by atoms with Crippen LogP contribution in [-0.2, 0) is 4.74 Å². The zero-order chi connectivity index (χ0) is 15.0. The van der Waals surface area contributed by atoms with Gasteiger partial charge in [0.1, 0.15) is 11.3 Å². The van der Waals surface area contributed by atoms with E-state index in [1.54, 1.807) is 19.4 Å². The summed E-state index contributed by atoms with van der Waals surface area (Å²) in [5.41, 5.74) is 1.41. The Morgan fingerprint density at radius 2 is 2.10 bits per heavy atom. The molecule has 0 spiro atoms. The Morgan fingerprint density at radius 1 is 1.29 bits per heavy atom. The molecule has 5 nitrogen and oxygen atoms in total. The van der Waals surface area contributed by atoms with Crippen molar-refractivity contribution in [3.8, 4) is 5.75 Å². The van der Waals surface area contributed by atoms with Crippen LogP contribution >= 0.6 is 11.6 Å². The van der Waals surface area contributed by atoms with Gasteiger partial charge in [0, 0.05) is 23.0 Å². The fourth-order valence-corrected chi connectivity index (χ4v) is 2.57. The molecule has 6 heteroatoms. The molecular weight excluding hydrogens is 292 g/mol. The number of ether oxygens (including phenoxy) is 2.